The summed E-state index contributed by atoms with van der Waals surface area (Å²) in [5, 5.41) is 8.46. The Kier molecular flexibility index (Phi) is 4.05. The Morgan fingerprint density at radius 2 is 2.20 bits per heavy atom. The van der Waals surface area contributed by atoms with Crippen molar-refractivity contribution in [1.29, 1.82) is 5.26 Å². The summed E-state index contributed by atoms with van der Waals surface area (Å²) in [6.45, 7) is 0. The van der Waals surface area contributed by atoms with Gasteiger partial charge in [0.2, 0.25) is 0 Å². The van der Waals surface area contributed by atoms with Crippen LogP contribution < -0.4 is 0 Å². The summed E-state index contributed by atoms with van der Waals surface area (Å²) in [6.07, 6.45) is 1.49. The summed E-state index contributed by atoms with van der Waals surface area (Å²) in [5.41, 5.74) is 1.58. The predicted molar refractivity (Wildman–Crippen MR) is 55.9 cm³/mol. The summed E-state index contributed by atoms with van der Waals surface area (Å²) < 4.78 is 4.40. The molecule has 0 atom stereocenters. The van der Waals surface area contributed by atoms with Gasteiger partial charge in [-0.25, -0.2) is 9.79 Å². The Morgan fingerprint density at radius 1 is 1.53 bits per heavy atom. The molecule has 76 valence electrons. The molecule has 4 nitrogen and oxygen atoms in total. The molecule has 0 heterocycles. The first-order chi connectivity index (χ1) is 7.26. The van der Waals surface area contributed by atoms with Gasteiger partial charge in [-0.15, -0.1) is 0 Å². The molecule has 0 N–H and O–H groups in total. The van der Waals surface area contributed by atoms with E-state index in [-0.39, 0.29) is 0 Å². The van der Waals surface area contributed by atoms with Gasteiger partial charge in [0.25, 0.3) is 0 Å². The number of nitriles is 1. The lowest BCUT2D eigenvalue weighted by Gasteiger charge is -1.95. The van der Waals surface area contributed by atoms with Crippen LogP contribution in [0.2, 0.25) is 0 Å². The van der Waals surface area contributed by atoms with Crippen molar-refractivity contribution in [3.63, 3.8) is 0 Å². The minimum Gasteiger partial charge on any atom is -0.465 e. The lowest BCUT2D eigenvalue weighted by atomic mass is 10.1. The maximum absolute atomic E-state index is 10.7. The predicted octanol–water partition coefficient (Wildman–Crippen LogP) is 1.63. The molecule has 0 spiro atoms. The van der Waals surface area contributed by atoms with Crippen LogP contribution >= 0.6 is 0 Å². The maximum atomic E-state index is 10.7. The average molecular weight is 202 g/mol. The van der Waals surface area contributed by atoms with Crippen LogP contribution in [0.1, 0.15) is 5.56 Å². The van der Waals surface area contributed by atoms with E-state index in [1.165, 1.54) is 7.11 Å². The number of nitrogens with zero attached hydrogens (tertiary/aromatic N) is 2. The highest BCUT2D eigenvalue weighted by Crippen LogP contribution is 2.12. The third kappa shape index (κ3) is 3.61. The quantitative estimate of drug-likeness (QED) is 0.552. The third-order valence-corrected chi connectivity index (χ3v) is 1.74. The Labute approximate surface area is 87.8 Å². The van der Waals surface area contributed by atoms with Gasteiger partial charge in [0, 0.05) is 0 Å². The SMILES string of the molecule is COC(=O)C=Nc1ccc(CC#N)cc1. The van der Waals surface area contributed by atoms with E-state index < -0.39 is 5.97 Å². The molecule has 0 aliphatic rings. The fraction of sp³-hybridized carbons (Fsp3) is 0.182. The number of hydrogen-bond acceptors (Lipinski definition) is 4. The highest BCUT2D eigenvalue weighted by atomic mass is 16.5. The number of esters is 1. The second-order valence-electron chi connectivity index (χ2n) is 2.78. The minimum atomic E-state index is -0.490. The zero-order valence-corrected chi connectivity index (χ0v) is 8.30. The molecular weight excluding hydrogens is 192 g/mol. The van der Waals surface area contributed by atoms with Crippen molar-refractivity contribution in [2.45, 2.75) is 6.42 Å². The molecule has 0 aliphatic heterocycles. The van der Waals surface area contributed by atoms with Gasteiger partial charge in [-0.2, -0.15) is 5.26 Å². The average Bonchev–Trinajstić information content (AvgIpc) is 2.28. The van der Waals surface area contributed by atoms with Crippen molar-refractivity contribution >= 4 is 17.9 Å². The molecule has 0 aromatic heterocycles. The first-order valence-electron chi connectivity index (χ1n) is 4.34. The van der Waals surface area contributed by atoms with Gasteiger partial charge in [0.05, 0.1) is 25.3 Å². The summed E-state index contributed by atoms with van der Waals surface area (Å²) in [4.78, 5) is 14.6. The smallest absolute Gasteiger partial charge is 0.349 e. The Morgan fingerprint density at radius 3 is 2.73 bits per heavy atom. The van der Waals surface area contributed by atoms with Crippen molar-refractivity contribution in [3.8, 4) is 6.07 Å². The summed E-state index contributed by atoms with van der Waals surface area (Å²) in [6, 6.07) is 9.13. The molecule has 0 saturated heterocycles. The standard InChI is InChI=1S/C11H10N2O2/c1-15-11(14)8-13-10-4-2-9(3-5-10)6-7-12/h2-5,8H,6H2,1H3. The van der Waals surface area contributed by atoms with Gasteiger partial charge in [0.15, 0.2) is 0 Å². The topological polar surface area (TPSA) is 62.4 Å². The first kappa shape index (κ1) is 10.9. The highest BCUT2D eigenvalue weighted by Gasteiger charge is 1.94. The molecule has 0 amide bonds. The van der Waals surface area contributed by atoms with E-state index in [9.17, 15) is 4.79 Å². The Bertz CT molecular complexity index is 402. The summed E-state index contributed by atoms with van der Waals surface area (Å²) in [5.74, 6) is -0.490. The van der Waals surface area contributed by atoms with E-state index >= 15 is 0 Å². The van der Waals surface area contributed by atoms with Crippen LogP contribution in [0.3, 0.4) is 0 Å². The molecule has 0 aliphatic carbocycles. The second-order valence-corrected chi connectivity index (χ2v) is 2.78. The monoisotopic (exact) mass is 202 g/mol. The van der Waals surface area contributed by atoms with Gasteiger partial charge >= 0.3 is 5.97 Å². The molecule has 0 unspecified atom stereocenters. The van der Waals surface area contributed by atoms with Crippen molar-refractivity contribution in [1.82, 2.24) is 0 Å². The van der Waals surface area contributed by atoms with Crippen molar-refractivity contribution in [3.05, 3.63) is 29.8 Å². The van der Waals surface area contributed by atoms with E-state index in [1.54, 1.807) is 24.3 Å². The van der Waals surface area contributed by atoms with Crippen LogP contribution in [0.5, 0.6) is 0 Å². The summed E-state index contributed by atoms with van der Waals surface area (Å²) in [7, 11) is 1.30. The van der Waals surface area contributed by atoms with E-state index in [4.69, 9.17) is 5.26 Å². The minimum absolute atomic E-state index is 0.376. The molecule has 1 rings (SSSR count). The fourth-order valence-corrected chi connectivity index (χ4v) is 0.971. The number of carbonyl (C=O) groups is 1. The van der Waals surface area contributed by atoms with Crippen molar-refractivity contribution in [2.24, 2.45) is 4.99 Å². The molecule has 0 saturated carbocycles. The highest BCUT2D eigenvalue weighted by molar-refractivity contribution is 6.23. The van der Waals surface area contributed by atoms with Crippen LogP contribution in [0.25, 0.3) is 0 Å². The van der Waals surface area contributed by atoms with Crippen LogP contribution in [0.4, 0.5) is 5.69 Å². The number of benzene rings is 1. The van der Waals surface area contributed by atoms with Gasteiger partial charge in [0.1, 0.15) is 6.21 Å². The van der Waals surface area contributed by atoms with Gasteiger partial charge in [-0.3, -0.25) is 0 Å². The van der Waals surface area contributed by atoms with E-state index in [0.717, 1.165) is 11.8 Å². The zero-order chi connectivity index (χ0) is 11.1. The molecule has 0 radical (unpaired) electrons. The lowest BCUT2D eigenvalue weighted by Crippen LogP contribution is -1.99. The molecule has 0 fully saturated rings. The van der Waals surface area contributed by atoms with E-state index in [0.29, 0.717) is 12.1 Å². The second kappa shape index (κ2) is 5.55. The molecule has 15 heavy (non-hydrogen) atoms. The molecule has 1 aromatic carbocycles. The van der Waals surface area contributed by atoms with Crippen LogP contribution in [-0.4, -0.2) is 19.3 Å². The van der Waals surface area contributed by atoms with Crippen LogP contribution in [0.15, 0.2) is 29.3 Å². The summed E-state index contributed by atoms with van der Waals surface area (Å²) >= 11 is 0. The van der Waals surface area contributed by atoms with Crippen molar-refractivity contribution in [2.75, 3.05) is 7.11 Å². The van der Waals surface area contributed by atoms with Gasteiger partial charge in [-0.1, -0.05) is 12.1 Å². The lowest BCUT2D eigenvalue weighted by molar-refractivity contribution is -0.132. The Balaban J connectivity index is 2.69. The van der Waals surface area contributed by atoms with E-state index in [2.05, 4.69) is 15.8 Å². The number of carbonyl (C=O) groups excluding carboxylic acids is 1. The number of methoxy groups -OCH3 is 1. The molecule has 4 heteroatoms. The number of aliphatic imine (C=N–C) groups is 1. The van der Waals surface area contributed by atoms with Crippen LogP contribution in [-0.2, 0) is 16.0 Å². The molecule has 0 bridgehead atoms. The Hall–Kier alpha value is -2.15. The van der Waals surface area contributed by atoms with Gasteiger partial charge < -0.3 is 4.74 Å². The fourth-order valence-electron chi connectivity index (χ4n) is 0.971. The number of ether oxygens (including phenoxy) is 1. The molecular formula is C11H10N2O2. The number of hydrogen-bond donors (Lipinski definition) is 0. The van der Waals surface area contributed by atoms with E-state index in [1.807, 2.05) is 0 Å². The van der Waals surface area contributed by atoms with Crippen molar-refractivity contribution < 1.29 is 9.53 Å². The normalized spacial score (nSPS) is 9.87. The maximum Gasteiger partial charge on any atom is 0.349 e. The van der Waals surface area contributed by atoms with Gasteiger partial charge in [-0.05, 0) is 17.7 Å². The van der Waals surface area contributed by atoms with Crippen LogP contribution in [0, 0.1) is 11.3 Å². The number of rotatable bonds is 3. The zero-order valence-electron chi connectivity index (χ0n) is 8.30. The third-order valence-electron chi connectivity index (χ3n) is 1.74. The largest absolute Gasteiger partial charge is 0.465 e. The first-order valence-corrected chi connectivity index (χ1v) is 4.34. The molecule has 1 aromatic rings.